The summed E-state index contributed by atoms with van der Waals surface area (Å²) in [5.41, 5.74) is 2.89. The number of carbonyl (C=O) groups is 1. The highest BCUT2D eigenvalue weighted by Crippen LogP contribution is 2.35. The van der Waals surface area contributed by atoms with E-state index in [1.165, 1.54) is 17.1 Å². The van der Waals surface area contributed by atoms with E-state index >= 15 is 0 Å². The van der Waals surface area contributed by atoms with E-state index in [2.05, 4.69) is 44.9 Å². The topological polar surface area (TPSA) is 59.0 Å². The lowest BCUT2D eigenvalue weighted by Gasteiger charge is -2.37. The molecule has 0 radical (unpaired) electrons. The Morgan fingerprint density at radius 2 is 1.89 bits per heavy atom. The van der Waals surface area contributed by atoms with E-state index in [1.807, 2.05) is 23.2 Å². The molecule has 0 unspecified atom stereocenters. The Kier molecular flexibility index (Phi) is 5.53. The summed E-state index contributed by atoms with van der Waals surface area (Å²) in [6.07, 6.45) is 7.79. The first-order valence-electron chi connectivity index (χ1n) is 9.33. The van der Waals surface area contributed by atoms with Crippen LogP contribution in [-0.2, 0) is 6.54 Å². The molecule has 4 rings (SSSR count). The first kappa shape index (κ1) is 17.8. The lowest BCUT2D eigenvalue weighted by Crippen LogP contribution is -2.42. The van der Waals surface area contributed by atoms with Crippen LogP contribution in [0.2, 0.25) is 0 Å². The molecule has 0 spiro atoms. The zero-order valence-corrected chi connectivity index (χ0v) is 15.9. The van der Waals surface area contributed by atoms with Crippen LogP contribution < -0.4 is 0 Å². The van der Waals surface area contributed by atoms with Gasteiger partial charge in [-0.3, -0.25) is 9.78 Å². The molecule has 138 valence electrons. The normalized spacial score (nSPS) is 19.6. The van der Waals surface area contributed by atoms with Crippen molar-refractivity contribution in [3.63, 3.8) is 0 Å². The minimum atomic E-state index is -0.0317. The molecule has 0 bridgehead atoms. The number of nitrogens with zero attached hydrogens (tertiary/aromatic N) is 4. The largest absolute Gasteiger partial charge is 0.330 e. The number of aromatic nitrogens is 3. The van der Waals surface area contributed by atoms with Gasteiger partial charge in [0.25, 0.3) is 5.91 Å². The van der Waals surface area contributed by atoms with Crippen LogP contribution in [0.25, 0.3) is 0 Å². The van der Waals surface area contributed by atoms with E-state index in [0.29, 0.717) is 18.2 Å². The minimum Gasteiger partial charge on any atom is -0.330 e. The first-order chi connectivity index (χ1) is 13.3. The number of benzene rings is 1. The molecule has 5 nitrogen and oxygen atoms in total. The SMILES string of the molecule is O=C(c1csnn1)N(Cc1cccnc1)C1CCC(c2ccccc2)CC1. The van der Waals surface area contributed by atoms with Gasteiger partial charge in [-0.2, -0.15) is 0 Å². The highest BCUT2D eigenvalue weighted by atomic mass is 32.1. The average Bonchev–Trinajstić information content (AvgIpc) is 3.28. The molecule has 1 aliphatic carbocycles. The lowest BCUT2D eigenvalue weighted by atomic mass is 9.81. The van der Waals surface area contributed by atoms with Gasteiger partial charge in [0.2, 0.25) is 0 Å². The van der Waals surface area contributed by atoms with Crippen molar-refractivity contribution in [3.8, 4) is 0 Å². The van der Waals surface area contributed by atoms with Crippen LogP contribution in [0.1, 0.15) is 53.2 Å². The molecule has 1 aliphatic rings. The van der Waals surface area contributed by atoms with Crippen LogP contribution in [0, 0.1) is 0 Å². The van der Waals surface area contributed by atoms with Gasteiger partial charge in [-0.05, 0) is 60.3 Å². The molecule has 0 aliphatic heterocycles. The van der Waals surface area contributed by atoms with Gasteiger partial charge in [-0.1, -0.05) is 40.9 Å². The van der Waals surface area contributed by atoms with Crippen LogP contribution >= 0.6 is 11.5 Å². The highest BCUT2D eigenvalue weighted by Gasteiger charge is 2.31. The van der Waals surface area contributed by atoms with Crippen molar-refractivity contribution < 1.29 is 4.79 Å². The summed E-state index contributed by atoms with van der Waals surface area (Å²) in [7, 11) is 0. The molecule has 2 heterocycles. The second-order valence-corrected chi connectivity index (χ2v) is 7.61. The summed E-state index contributed by atoms with van der Waals surface area (Å²) < 4.78 is 3.86. The van der Waals surface area contributed by atoms with Crippen molar-refractivity contribution in [2.75, 3.05) is 0 Å². The van der Waals surface area contributed by atoms with Crippen LogP contribution in [0.5, 0.6) is 0 Å². The predicted octanol–water partition coefficient (Wildman–Crippen LogP) is 4.30. The monoisotopic (exact) mass is 378 g/mol. The van der Waals surface area contributed by atoms with Crippen LogP contribution in [0.15, 0.2) is 60.2 Å². The molecule has 1 saturated carbocycles. The van der Waals surface area contributed by atoms with Gasteiger partial charge in [0, 0.05) is 30.4 Å². The molecular formula is C21H22N4OS. The van der Waals surface area contributed by atoms with Crippen molar-refractivity contribution in [1.82, 2.24) is 19.5 Å². The summed E-state index contributed by atoms with van der Waals surface area (Å²) in [6, 6.07) is 14.8. The maximum atomic E-state index is 13.1. The molecule has 0 N–H and O–H groups in total. The smallest absolute Gasteiger partial charge is 0.275 e. The van der Waals surface area contributed by atoms with E-state index in [-0.39, 0.29) is 11.9 Å². The quantitative estimate of drug-likeness (QED) is 0.664. The Balaban J connectivity index is 1.50. The molecule has 1 amide bonds. The van der Waals surface area contributed by atoms with Gasteiger partial charge in [0.05, 0.1) is 0 Å². The van der Waals surface area contributed by atoms with Crippen molar-refractivity contribution in [1.29, 1.82) is 0 Å². The van der Waals surface area contributed by atoms with E-state index in [0.717, 1.165) is 31.2 Å². The summed E-state index contributed by atoms with van der Waals surface area (Å²) in [6.45, 7) is 0.560. The third-order valence-electron chi connectivity index (χ3n) is 5.32. The molecule has 0 atom stereocenters. The molecule has 2 aromatic heterocycles. The van der Waals surface area contributed by atoms with Crippen LogP contribution in [-0.4, -0.2) is 31.4 Å². The molecule has 6 heteroatoms. The van der Waals surface area contributed by atoms with Crippen LogP contribution in [0.3, 0.4) is 0 Å². The van der Waals surface area contributed by atoms with E-state index in [9.17, 15) is 4.79 Å². The number of amides is 1. The third-order valence-corrected chi connectivity index (χ3v) is 5.83. The van der Waals surface area contributed by atoms with Gasteiger partial charge in [0.15, 0.2) is 5.69 Å². The molecule has 1 fully saturated rings. The minimum absolute atomic E-state index is 0.0317. The Labute approximate surface area is 163 Å². The Bertz CT molecular complexity index is 846. The Hall–Kier alpha value is -2.60. The fourth-order valence-electron chi connectivity index (χ4n) is 3.91. The molecular weight excluding hydrogens is 356 g/mol. The summed E-state index contributed by atoms with van der Waals surface area (Å²) in [5.74, 6) is 0.550. The molecule has 1 aromatic carbocycles. The van der Waals surface area contributed by atoms with E-state index < -0.39 is 0 Å². The standard InChI is InChI=1S/C21H22N4OS/c26-21(20-15-27-24-23-20)25(14-16-5-4-12-22-13-16)19-10-8-18(9-11-19)17-6-2-1-3-7-17/h1-7,12-13,15,18-19H,8-11,14H2. The Morgan fingerprint density at radius 3 is 2.56 bits per heavy atom. The fraction of sp³-hybridized carbons (Fsp3) is 0.333. The molecule has 0 saturated heterocycles. The summed E-state index contributed by atoms with van der Waals surface area (Å²) in [4.78, 5) is 19.2. The first-order valence-corrected chi connectivity index (χ1v) is 10.2. The molecule has 3 aromatic rings. The van der Waals surface area contributed by atoms with Crippen molar-refractivity contribution >= 4 is 17.4 Å². The number of hydrogen-bond donors (Lipinski definition) is 0. The van der Waals surface area contributed by atoms with Crippen molar-refractivity contribution in [3.05, 3.63) is 77.1 Å². The third kappa shape index (κ3) is 4.22. The van der Waals surface area contributed by atoms with Gasteiger partial charge in [-0.15, -0.1) is 5.10 Å². The maximum Gasteiger partial charge on any atom is 0.275 e. The second-order valence-electron chi connectivity index (χ2n) is 7.00. The highest BCUT2D eigenvalue weighted by molar-refractivity contribution is 7.03. The maximum absolute atomic E-state index is 13.1. The predicted molar refractivity (Wildman–Crippen MR) is 105 cm³/mol. The van der Waals surface area contributed by atoms with Gasteiger partial charge in [0.1, 0.15) is 0 Å². The van der Waals surface area contributed by atoms with Gasteiger partial charge < -0.3 is 4.90 Å². The van der Waals surface area contributed by atoms with Gasteiger partial charge >= 0.3 is 0 Å². The number of hydrogen-bond acceptors (Lipinski definition) is 5. The number of pyridine rings is 1. The van der Waals surface area contributed by atoms with Crippen molar-refractivity contribution in [2.45, 2.75) is 44.2 Å². The molecule has 27 heavy (non-hydrogen) atoms. The zero-order valence-electron chi connectivity index (χ0n) is 15.1. The Morgan fingerprint density at radius 1 is 1.07 bits per heavy atom. The van der Waals surface area contributed by atoms with E-state index in [1.54, 1.807) is 11.6 Å². The second kappa shape index (κ2) is 8.39. The van der Waals surface area contributed by atoms with Crippen LogP contribution in [0.4, 0.5) is 0 Å². The number of rotatable bonds is 5. The van der Waals surface area contributed by atoms with Crippen molar-refractivity contribution in [2.24, 2.45) is 0 Å². The lowest BCUT2D eigenvalue weighted by molar-refractivity contribution is 0.0599. The summed E-state index contributed by atoms with van der Waals surface area (Å²) in [5, 5.41) is 5.73. The fourth-order valence-corrected chi connectivity index (χ4v) is 4.34. The average molecular weight is 379 g/mol. The summed E-state index contributed by atoms with van der Waals surface area (Å²) >= 11 is 1.21. The zero-order chi connectivity index (χ0) is 18.5. The van der Waals surface area contributed by atoms with Gasteiger partial charge in [-0.25, -0.2) is 0 Å². The van der Waals surface area contributed by atoms with E-state index in [4.69, 9.17) is 0 Å². The number of carbonyl (C=O) groups excluding carboxylic acids is 1.